The van der Waals surface area contributed by atoms with Gasteiger partial charge in [-0.2, -0.15) is 0 Å². The summed E-state index contributed by atoms with van der Waals surface area (Å²) in [5.74, 6) is -0.152. The molecule has 0 fully saturated rings. The molecule has 148 valence electrons. The van der Waals surface area contributed by atoms with E-state index in [1.54, 1.807) is 0 Å². The monoisotopic (exact) mass is 576 g/mol. The second kappa shape index (κ2) is 9.96. The molecule has 0 N–H and O–H groups in total. The minimum Gasteiger partial charge on any atom is -0.294 e. The lowest BCUT2D eigenvalue weighted by molar-refractivity contribution is 0.0944. The number of carbonyl (C=O) groups excluding carboxylic acids is 2. The van der Waals surface area contributed by atoms with Crippen molar-refractivity contribution in [2.24, 2.45) is 0 Å². The van der Waals surface area contributed by atoms with Gasteiger partial charge in [-0.3, -0.25) is 9.59 Å². The number of ketones is 2. The highest BCUT2D eigenvalue weighted by Crippen LogP contribution is 2.32. The molecular weight excluding hydrogens is 560 g/mol. The largest absolute Gasteiger partial charge is 0.294 e. The Morgan fingerprint density at radius 1 is 0.724 bits per heavy atom. The molecule has 0 amide bonds. The molecule has 0 spiro atoms. The summed E-state index contributed by atoms with van der Waals surface area (Å²) < 4.78 is 2.67. The number of aryl methyl sites for hydroxylation is 1. The third-order valence-corrected chi connectivity index (χ3v) is 6.32. The smallest absolute Gasteiger partial charge is 0.163 e. The fraction of sp³-hybridized carbons (Fsp3) is 0.167. The molecule has 3 rings (SSSR count). The quantitative estimate of drug-likeness (QED) is 0.267. The summed E-state index contributed by atoms with van der Waals surface area (Å²) in [7, 11) is 0. The maximum atomic E-state index is 13.0. The lowest BCUT2D eigenvalue weighted by atomic mass is 9.84. The molecule has 0 aliphatic carbocycles. The van der Waals surface area contributed by atoms with E-state index in [1.165, 1.54) is 0 Å². The zero-order chi connectivity index (χ0) is 21.0. The molecule has 3 aromatic rings. The van der Waals surface area contributed by atoms with Gasteiger partial charge < -0.3 is 0 Å². The van der Waals surface area contributed by atoms with E-state index >= 15 is 0 Å². The Bertz CT molecular complexity index is 1000. The van der Waals surface area contributed by atoms with E-state index in [0.29, 0.717) is 11.1 Å². The first kappa shape index (κ1) is 22.1. The maximum Gasteiger partial charge on any atom is 0.163 e. The van der Waals surface area contributed by atoms with Crippen molar-refractivity contribution in [1.29, 1.82) is 0 Å². The van der Waals surface area contributed by atoms with Crippen molar-refractivity contribution in [3.05, 3.63) is 102 Å². The van der Waals surface area contributed by atoms with Crippen LogP contribution in [0.25, 0.3) is 0 Å². The molecule has 0 saturated heterocycles. The molecule has 3 aromatic carbocycles. The van der Waals surface area contributed by atoms with Crippen molar-refractivity contribution in [1.82, 2.24) is 0 Å². The number of hydrogen-bond acceptors (Lipinski definition) is 2. The summed E-state index contributed by atoms with van der Waals surface area (Å²) in [6.07, 6.45) is 0.543. The molecule has 0 aliphatic heterocycles. The molecule has 0 atom stereocenters. The molecular formula is C24H19Br3O2. The number of benzene rings is 3. The molecule has 0 radical (unpaired) electrons. The SMILES string of the molecule is Cc1ccc(Br)cc1C(CC(=O)c1cccc(Br)c1)CC(=O)c1cccc(Br)c1. The first-order chi connectivity index (χ1) is 13.8. The summed E-state index contributed by atoms with van der Waals surface area (Å²) in [6, 6.07) is 20.8. The van der Waals surface area contributed by atoms with Crippen LogP contribution in [0.3, 0.4) is 0 Å². The average Bonchev–Trinajstić information content (AvgIpc) is 2.69. The van der Waals surface area contributed by atoms with Gasteiger partial charge in [0, 0.05) is 37.4 Å². The highest BCUT2D eigenvalue weighted by Gasteiger charge is 2.23. The van der Waals surface area contributed by atoms with Gasteiger partial charge in [-0.05, 0) is 60.4 Å². The number of rotatable bonds is 7. The Labute approximate surface area is 196 Å². The Morgan fingerprint density at radius 2 is 1.21 bits per heavy atom. The number of carbonyl (C=O) groups is 2. The van der Waals surface area contributed by atoms with Crippen LogP contribution in [0.5, 0.6) is 0 Å². The van der Waals surface area contributed by atoms with Gasteiger partial charge in [0.15, 0.2) is 11.6 Å². The molecule has 29 heavy (non-hydrogen) atoms. The van der Waals surface area contributed by atoms with Crippen LogP contribution in [0, 0.1) is 6.92 Å². The lowest BCUT2D eigenvalue weighted by Crippen LogP contribution is -2.14. The predicted octanol–water partition coefficient (Wildman–Crippen LogP) is 7.91. The van der Waals surface area contributed by atoms with Crippen molar-refractivity contribution < 1.29 is 9.59 Å². The van der Waals surface area contributed by atoms with Gasteiger partial charge in [0.25, 0.3) is 0 Å². The van der Waals surface area contributed by atoms with Crippen molar-refractivity contribution in [2.45, 2.75) is 25.7 Å². The van der Waals surface area contributed by atoms with Crippen LogP contribution in [-0.4, -0.2) is 11.6 Å². The fourth-order valence-electron chi connectivity index (χ4n) is 3.35. The Morgan fingerprint density at radius 3 is 1.69 bits per heavy atom. The van der Waals surface area contributed by atoms with Crippen molar-refractivity contribution in [3.8, 4) is 0 Å². The molecule has 0 unspecified atom stereocenters. The lowest BCUT2D eigenvalue weighted by Gasteiger charge is -2.19. The van der Waals surface area contributed by atoms with Crippen LogP contribution in [0.4, 0.5) is 0 Å². The van der Waals surface area contributed by atoms with Gasteiger partial charge in [0.1, 0.15) is 0 Å². The Balaban J connectivity index is 1.92. The van der Waals surface area contributed by atoms with Gasteiger partial charge in [-0.15, -0.1) is 0 Å². The third-order valence-electron chi connectivity index (χ3n) is 4.84. The van der Waals surface area contributed by atoms with Crippen LogP contribution in [0.1, 0.15) is 50.6 Å². The summed E-state index contributed by atoms with van der Waals surface area (Å²) in [5, 5.41) is 0. The summed E-state index contributed by atoms with van der Waals surface area (Å²) >= 11 is 10.4. The van der Waals surface area contributed by atoms with Crippen LogP contribution in [-0.2, 0) is 0 Å². The molecule has 0 aromatic heterocycles. The molecule has 0 heterocycles. The Kier molecular flexibility index (Phi) is 7.60. The van der Waals surface area contributed by atoms with E-state index in [-0.39, 0.29) is 30.3 Å². The first-order valence-corrected chi connectivity index (χ1v) is 11.5. The summed E-state index contributed by atoms with van der Waals surface area (Å²) in [6.45, 7) is 2.02. The minimum absolute atomic E-state index is 0.0257. The zero-order valence-corrected chi connectivity index (χ0v) is 20.6. The molecule has 5 heteroatoms. The zero-order valence-electron chi connectivity index (χ0n) is 15.8. The fourth-order valence-corrected chi connectivity index (χ4v) is 4.53. The molecule has 2 nitrogen and oxygen atoms in total. The van der Waals surface area contributed by atoms with Gasteiger partial charge in [0.2, 0.25) is 0 Å². The highest BCUT2D eigenvalue weighted by atomic mass is 79.9. The van der Waals surface area contributed by atoms with E-state index in [4.69, 9.17) is 0 Å². The van der Waals surface area contributed by atoms with Gasteiger partial charge in [-0.25, -0.2) is 0 Å². The number of halogens is 3. The Hall–Kier alpha value is -1.56. The standard InChI is InChI=1S/C24H19Br3O2/c1-15-8-9-21(27)14-22(15)18(12-23(28)16-4-2-6-19(25)10-16)13-24(29)17-5-3-7-20(26)11-17/h2-11,14,18H,12-13H2,1H3. The predicted molar refractivity (Wildman–Crippen MR) is 128 cm³/mol. The van der Waals surface area contributed by atoms with E-state index in [0.717, 1.165) is 24.5 Å². The summed E-state index contributed by atoms with van der Waals surface area (Å²) in [5.41, 5.74) is 3.38. The minimum atomic E-state index is -0.203. The molecule has 0 bridgehead atoms. The van der Waals surface area contributed by atoms with E-state index in [2.05, 4.69) is 47.8 Å². The second-order valence-electron chi connectivity index (χ2n) is 6.97. The maximum absolute atomic E-state index is 13.0. The van der Waals surface area contributed by atoms with Crippen molar-refractivity contribution in [2.75, 3.05) is 0 Å². The van der Waals surface area contributed by atoms with Crippen LogP contribution in [0.15, 0.2) is 80.1 Å². The van der Waals surface area contributed by atoms with Gasteiger partial charge in [-0.1, -0.05) is 78.1 Å². The van der Waals surface area contributed by atoms with Crippen LogP contribution in [0.2, 0.25) is 0 Å². The van der Waals surface area contributed by atoms with Gasteiger partial charge in [0.05, 0.1) is 0 Å². The topological polar surface area (TPSA) is 34.1 Å². The normalized spacial score (nSPS) is 10.9. The first-order valence-electron chi connectivity index (χ1n) is 9.17. The third kappa shape index (κ3) is 5.97. The molecule has 0 saturated carbocycles. The van der Waals surface area contributed by atoms with Gasteiger partial charge >= 0.3 is 0 Å². The number of hydrogen-bond donors (Lipinski definition) is 0. The number of Topliss-reactive ketones (excluding diaryl/α,β-unsaturated/α-hetero) is 2. The average molecular weight is 579 g/mol. The molecule has 0 aliphatic rings. The second-order valence-corrected chi connectivity index (χ2v) is 9.72. The van der Waals surface area contributed by atoms with E-state index in [9.17, 15) is 9.59 Å². The van der Waals surface area contributed by atoms with Crippen molar-refractivity contribution >= 4 is 59.4 Å². The van der Waals surface area contributed by atoms with E-state index < -0.39 is 0 Å². The van der Waals surface area contributed by atoms with Crippen LogP contribution >= 0.6 is 47.8 Å². The van der Waals surface area contributed by atoms with Crippen molar-refractivity contribution in [3.63, 3.8) is 0 Å². The summed E-state index contributed by atoms with van der Waals surface area (Å²) in [4.78, 5) is 26.0. The van der Waals surface area contributed by atoms with Crippen LogP contribution < -0.4 is 0 Å². The highest BCUT2D eigenvalue weighted by molar-refractivity contribution is 9.11. The van der Waals surface area contributed by atoms with E-state index in [1.807, 2.05) is 73.7 Å².